The normalized spacial score (nSPS) is 18.4. The Morgan fingerprint density at radius 2 is 2.00 bits per heavy atom. The third-order valence-electron chi connectivity index (χ3n) is 2.65. The number of hydrogen-bond acceptors (Lipinski definition) is 2. The van der Waals surface area contributed by atoms with Crippen LogP contribution in [0.15, 0.2) is 22.7 Å². The summed E-state index contributed by atoms with van der Waals surface area (Å²) in [7, 11) is 0. The van der Waals surface area contributed by atoms with Gasteiger partial charge in [-0.25, -0.2) is 0 Å². The van der Waals surface area contributed by atoms with Gasteiger partial charge in [-0.05, 0) is 36.5 Å². The summed E-state index contributed by atoms with van der Waals surface area (Å²) in [4.78, 5) is 0. The van der Waals surface area contributed by atoms with Crippen molar-refractivity contribution in [3.8, 4) is 5.75 Å². The van der Waals surface area contributed by atoms with Crippen molar-refractivity contribution < 1.29 is 9.84 Å². The fourth-order valence-electron chi connectivity index (χ4n) is 1.86. The molecule has 1 N–H and O–H groups in total. The van der Waals surface area contributed by atoms with E-state index in [1.165, 1.54) is 5.56 Å². The average Bonchev–Trinajstić information content (AvgIpc) is 2.19. The van der Waals surface area contributed by atoms with Crippen LogP contribution in [-0.2, 0) is 4.74 Å². The van der Waals surface area contributed by atoms with Crippen molar-refractivity contribution in [2.75, 3.05) is 13.2 Å². The number of aromatic hydroxyl groups is 1. The topological polar surface area (TPSA) is 29.5 Å². The van der Waals surface area contributed by atoms with E-state index < -0.39 is 0 Å². The molecular formula is C11H13BrO2. The summed E-state index contributed by atoms with van der Waals surface area (Å²) >= 11 is 3.48. The van der Waals surface area contributed by atoms with E-state index in [0.717, 1.165) is 30.5 Å². The quantitative estimate of drug-likeness (QED) is 0.837. The Balaban J connectivity index is 2.22. The summed E-state index contributed by atoms with van der Waals surface area (Å²) in [6.07, 6.45) is 2.15. The molecule has 1 aliphatic heterocycles. The van der Waals surface area contributed by atoms with E-state index in [2.05, 4.69) is 15.9 Å². The molecule has 2 rings (SSSR count). The zero-order chi connectivity index (χ0) is 9.97. The van der Waals surface area contributed by atoms with Crippen LogP contribution in [0.5, 0.6) is 5.75 Å². The Hall–Kier alpha value is -0.540. The highest BCUT2D eigenvalue weighted by atomic mass is 79.9. The lowest BCUT2D eigenvalue weighted by atomic mass is 9.92. The van der Waals surface area contributed by atoms with Crippen LogP contribution in [0, 0.1) is 0 Å². The Kier molecular flexibility index (Phi) is 3.08. The molecule has 0 aliphatic carbocycles. The Morgan fingerprint density at radius 3 is 2.64 bits per heavy atom. The van der Waals surface area contributed by atoms with Gasteiger partial charge in [-0.3, -0.25) is 0 Å². The molecule has 3 heteroatoms. The van der Waals surface area contributed by atoms with Crippen molar-refractivity contribution in [2.24, 2.45) is 0 Å². The zero-order valence-corrected chi connectivity index (χ0v) is 9.46. The van der Waals surface area contributed by atoms with Crippen molar-refractivity contribution in [3.05, 3.63) is 28.2 Å². The first-order valence-electron chi connectivity index (χ1n) is 4.83. The number of rotatable bonds is 1. The van der Waals surface area contributed by atoms with Crippen molar-refractivity contribution in [2.45, 2.75) is 18.8 Å². The second-order valence-electron chi connectivity index (χ2n) is 3.59. The first-order valence-corrected chi connectivity index (χ1v) is 5.63. The van der Waals surface area contributed by atoms with Gasteiger partial charge in [0.05, 0.1) is 0 Å². The first kappa shape index (κ1) is 9.99. The molecule has 1 heterocycles. The molecule has 1 fully saturated rings. The first-order chi connectivity index (χ1) is 6.77. The van der Waals surface area contributed by atoms with Crippen molar-refractivity contribution in [1.82, 2.24) is 0 Å². The van der Waals surface area contributed by atoms with Gasteiger partial charge in [0.1, 0.15) is 5.75 Å². The molecule has 76 valence electrons. The molecule has 2 nitrogen and oxygen atoms in total. The minimum Gasteiger partial charge on any atom is -0.508 e. The number of ether oxygens (including phenoxy) is 1. The van der Waals surface area contributed by atoms with Gasteiger partial charge in [-0.1, -0.05) is 22.0 Å². The number of halogens is 1. The van der Waals surface area contributed by atoms with Gasteiger partial charge in [0, 0.05) is 17.7 Å². The van der Waals surface area contributed by atoms with Gasteiger partial charge in [-0.15, -0.1) is 0 Å². The smallest absolute Gasteiger partial charge is 0.116 e. The second kappa shape index (κ2) is 4.32. The standard InChI is InChI=1S/C11H13BrO2/c12-11-7-9(13)1-2-10(11)8-3-5-14-6-4-8/h1-2,7-8,13H,3-6H2. The highest BCUT2D eigenvalue weighted by Crippen LogP contribution is 2.33. The maximum Gasteiger partial charge on any atom is 0.116 e. The van der Waals surface area contributed by atoms with Gasteiger partial charge < -0.3 is 9.84 Å². The van der Waals surface area contributed by atoms with Gasteiger partial charge in [0.25, 0.3) is 0 Å². The van der Waals surface area contributed by atoms with Crippen LogP contribution in [-0.4, -0.2) is 18.3 Å². The fraction of sp³-hybridized carbons (Fsp3) is 0.455. The van der Waals surface area contributed by atoms with Gasteiger partial charge in [0.2, 0.25) is 0 Å². The number of benzene rings is 1. The van der Waals surface area contributed by atoms with E-state index in [0.29, 0.717) is 11.7 Å². The summed E-state index contributed by atoms with van der Waals surface area (Å²) in [5.41, 5.74) is 1.28. The maximum atomic E-state index is 9.28. The van der Waals surface area contributed by atoms with Crippen LogP contribution in [0.25, 0.3) is 0 Å². The monoisotopic (exact) mass is 256 g/mol. The van der Waals surface area contributed by atoms with Gasteiger partial charge in [-0.2, -0.15) is 0 Å². The van der Waals surface area contributed by atoms with Crippen LogP contribution in [0.3, 0.4) is 0 Å². The molecule has 0 radical (unpaired) electrons. The highest BCUT2D eigenvalue weighted by Gasteiger charge is 2.17. The molecule has 0 aromatic heterocycles. The van der Waals surface area contributed by atoms with E-state index in [-0.39, 0.29) is 0 Å². The maximum absolute atomic E-state index is 9.28. The molecule has 1 saturated heterocycles. The fourth-order valence-corrected chi connectivity index (χ4v) is 2.55. The lowest BCUT2D eigenvalue weighted by molar-refractivity contribution is 0.0852. The molecule has 1 aromatic rings. The van der Waals surface area contributed by atoms with Crippen LogP contribution in [0.1, 0.15) is 24.3 Å². The molecule has 0 unspecified atom stereocenters. The Morgan fingerprint density at radius 1 is 1.29 bits per heavy atom. The van der Waals surface area contributed by atoms with Crippen molar-refractivity contribution in [1.29, 1.82) is 0 Å². The SMILES string of the molecule is Oc1ccc(C2CCOCC2)c(Br)c1. The van der Waals surface area contributed by atoms with Crippen molar-refractivity contribution in [3.63, 3.8) is 0 Å². The van der Waals surface area contributed by atoms with Crippen LogP contribution in [0.4, 0.5) is 0 Å². The zero-order valence-electron chi connectivity index (χ0n) is 7.87. The highest BCUT2D eigenvalue weighted by molar-refractivity contribution is 9.10. The van der Waals surface area contributed by atoms with Crippen LogP contribution < -0.4 is 0 Å². The predicted octanol–water partition coefficient (Wildman–Crippen LogP) is 3.05. The minimum absolute atomic E-state index is 0.313. The molecule has 0 amide bonds. The average molecular weight is 257 g/mol. The van der Waals surface area contributed by atoms with E-state index in [1.54, 1.807) is 12.1 Å². The largest absolute Gasteiger partial charge is 0.508 e. The summed E-state index contributed by atoms with van der Waals surface area (Å²) in [6.45, 7) is 1.69. The van der Waals surface area contributed by atoms with E-state index in [1.807, 2.05) is 6.07 Å². The molecule has 1 aliphatic rings. The number of hydrogen-bond donors (Lipinski definition) is 1. The molecule has 0 spiro atoms. The number of phenolic OH excluding ortho intramolecular Hbond substituents is 1. The van der Waals surface area contributed by atoms with E-state index in [9.17, 15) is 5.11 Å². The van der Waals surface area contributed by atoms with Gasteiger partial charge in [0.15, 0.2) is 0 Å². The Labute approximate surface area is 92.0 Å². The van der Waals surface area contributed by atoms with Gasteiger partial charge >= 0.3 is 0 Å². The summed E-state index contributed by atoms with van der Waals surface area (Å²) in [5, 5.41) is 9.28. The predicted molar refractivity (Wildman–Crippen MR) is 58.6 cm³/mol. The lowest BCUT2D eigenvalue weighted by Gasteiger charge is -2.23. The third kappa shape index (κ3) is 2.10. The molecule has 0 atom stereocenters. The third-order valence-corrected chi connectivity index (χ3v) is 3.33. The molecule has 1 aromatic carbocycles. The second-order valence-corrected chi connectivity index (χ2v) is 4.45. The number of phenols is 1. The molecule has 14 heavy (non-hydrogen) atoms. The summed E-state index contributed by atoms with van der Waals surface area (Å²) < 4.78 is 6.32. The minimum atomic E-state index is 0.313. The molecule has 0 bridgehead atoms. The summed E-state index contributed by atoms with van der Waals surface area (Å²) in [6, 6.07) is 5.50. The molecule has 0 saturated carbocycles. The van der Waals surface area contributed by atoms with Crippen LogP contribution in [0.2, 0.25) is 0 Å². The van der Waals surface area contributed by atoms with Crippen LogP contribution >= 0.6 is 15.9 Å². The summed E-state index contributed by atoms with van der Waals surface area (Å²) in [5.74, 6) is 0.881. The van der Waals surface area contributed by atoms with E-state index in [4.69, 9.17) is 4.74 Å². The van der Waals surface area contributed by atoms with E-state index >= 15 is 0 Å². The van der Waals surface area contributed by atoms with Crippen molar-refractivity contribution >= 4 is 15.9 Å². The Bertz CT molecular complexity index is 319. The molecular weight excluding hydrogens is 244 g/mol. The lowest BCUT2D eigenvalue weighted by Crippen LogP contribution is -2.14.